The van der Waals surface area contributed by atoms with Gasteiger partial charge in [-0.3, -0.25) is 9.78 Å². The number of pyridine rings is 1. The number of nitrogens with zero attached hydrogens (tertiary/aromatic N) is 4. The molecular formula is C31H36ClN5O2. The largest absolute Gasteiger partial charge is 0.457 e. The summed E-state index contributed by atoms with van der Waals surface area (Å²) >= 11 is 6.45. The number of ketones is 1. The molecule has 0 unspecified atom stereocenters. The number of piperidine rings is 1. The molecule has 0 spiro atoms. The topological polar surface area (TPSA) is 72.3 Å². The van der Waals surface area contributed by atoms with Crippen molar-refractivity contribution in [2.75, 3.05) is 25.5 Å². The monoisotopic (exact) mass is 545 g/mol. The van der Waals surface area contributed by atoms with Crippen LogP contribution >= 0.6 is 11.6 Å². The molecule has 0 aliphatic carbocycles. The summed E-state index contributed by atoms with van der Waals surface area (Å²) in [6, 6.07) is 15.5. The molecule has 204 valence electrons. The van der Waals surface area contributed by atoms with Crippen molar-refractivity contribution in [1.82, 2.24) is 19.4 Å². The van der Waals surface area contributed by atoms with E-state index in [1.165, 1.54) is 0 Å². The summed E-state index contributed by atoms with van der Waals surface area (Å²) in [7, 11) is 4.08. The highest BCUT2D eigenvalue weighted by atomic mass is 35.5. The van der Waals surface area contributed by atoms with Gasteiger partial charge < -0.3 is 19.5 Å². The Morgan fingerprint density at radius 3 is 2.54 bits per heavy atom. The summed E-state index contributed by atoms with van der Waals surface area (Å²) in [6.07, 6.45) is 3.87. The van der Waals surface area contributed by atoms with E-state index in [9.17, 15) is 4.79 Å². The van der Waals surface area contributed by atoms with Crippen LogP contribution in [-0.2, 0) is 23.7 Å². The molecule has 3 heterocycles. The van der Waals surface area contributed by atoms with Crippen molar-refractivity contribution in [2.45, 2.75) is 45.4 Å². The number of carbonyl (C=O) groups excluding carboxylic acids is 1. The lowest BCUT2D eigenvalue weighted by molar-refractivity contribution is -0.123. The normalized spacial score (nSPS) is 15.0. The fourth-order valence-corrected chi connectivity index (χ4v) is 5.47. The summed E-state index contributed by atoms with van der Waals surface area (Å²) < 4.78 is 8.18. The molecular weight excluding hydrogens is 510 g/mol. The van der Waals surface area contributed by atoms with E-state index in [0.717, 1.165) is 64.9 Å². The number of halogens is 1. The molecule has 4 aromatic rings. The minimum Gasteiger partial charge on any atom is -0.457 e. The standard InChI is InChI=1S/C31H36ClN5O2/c1-31(2,3)25-17-21(6-8-26(25)32)34-30-35-27-19-23(7-9-28(27)37(30)5)39-24-10-13-33-22(16-24)18-29(38)20-11-14-36(4)15-12-20/h6-10,13,16-17,19-20H,11-12,14-15,18H2,1-5H3,(H,34,35). The Hall–Kier alpha value is -3.42. The first-order valence-electron chi connectivity index (χ1n) is 13.4. The Bertz CT molecular complexity index is 1500. The zero-order valence-electron chi connectivity index (χ0n) is 23.3. The number of likely N-dealkylation sites (tertiary alicyclic amines) is 1. The Kier molecular flexibility index (Phi) is 7.65. The van der Waals surface area contributed by atoms with E-state index in [1.54, 1.807) is 6.20 Å². The van der Waals surface area contributed by atoms with E-state index >= 15 is 0 Å². The number of hydrogen-bond donors (Lipinski definition) is 1. The molecule has 1 saturated heterocycles. The second-order valence-corrected chi connectivity index (χ2v) is 11.9. The molecule has 1 fully saturated rings. The smallest absolute Gasteiger partial charge is 0.208 e. The van der Waals surface area contributed by atoms with Gasteiger partial charge in [0.25, 0.3) is 0 Å². The van der Waals surface area contributed by atoms with E-state index in [4.69, 9.17) is 21.3 Å². The highest BCUT2D eigenvalue weighted by Gasteiger charge is 2.24. The number of Topliss-reactive ketones (excluding diaryl/α,β-unsaturated/α-hetero) is 1. The van der Waals surface area contributed by atoms with E-state index < -0.39 is 0 Å². The van der Waals surface area contributed by atoms with Crippen LogP contribution in [0.3, 0.4) is 0 Å². The summed E-state index contributed by atoms with van der Waals surface area (Å²) in [5, 5.41) is 4.19. The minimum atomic E-state index is -0.0691. The van der Waals surface area contributed by atoms with Crippen LogP contribution in [0.5, 0.6) is 11.5 Å². The highest BCUT2D eigenvalue weighted by molar-refractivity contribution is 6.31. The number of benzene rings is 2. The number of imidazole rings is 1. The van der Waals surface area contributed by atoms with Crippen molar-refractivity contribution in [3.05, 3.63) is 71.0 Å². The molecule has 5 rings (SSSR count). The number of fused-ring (bicyclic) bond motifs is 1. The summed E-state index contributed by atoms with van der Waals surface area (Å²) in [5.74, 6) is 2.43. The van der Waals surface area contributed by atoms with Crippen LogP contribution in [0, 0.1) is 5.92 Å². The molecule has 1 N–H and O–H groups in total. The van der Waals surface area contributed by atoms with Gasteiger partial charge in [-0.25, -0.2) is 4.98 Å². The first kappa shape index (κ1) is 27.2. The molecule has 8 heteroatoms. The average Bonchev–Trinajstić information content (AvgIpc) is 3.19. The summed E-state index contributed by atoms with van der Waals surface area (Å²) in [6.45, 7) is 8.38. The lowest BCUT2D eigenvalue weighted by atomic mass is 9.87. The van der Waals surface area contributed by atoms with Crippen molar-refractivity contribution >= 4 is 40.1 Å². The van der Waals surface area contributed by atoms with Gasteiger partial charge in [0.15, 0.2) is 0 Å². The Balaban J connectivity index is 1.30. The molecule has 39 heavy (non-hydrogen) atoms. The lowest BCUT2D eigenvalue weighted by Gasteiger charge is -2.27. The predicted octanol–water partition coefficient (Wildman–Crippen LogP) is 6.91. The Labute approximate surface area is 235 Å². The van der Waals surface area contributed by atoms with Crippen LogP contribution in [-0.4, -0.2) is 45.4 Å². The fraction of sp³-hybridized carbons (Fsp3) is 0.387. The van der Waals surface area contributed by atoms with Crippen LogP contribution in [0.1, 0.15) is 44.9 Å². The van der Waals surface area contributed by atoms with Gasteiger partial charge in [-0.1, -0.05) is 32.4 Å². The van der Waals surface area contributed by atoms with Gasteiger partial charge in [0, 0.05) is 48.4 Å². The zero-order valence-corrected chi connectivity index (χ0v) is 24.0. The second-order valence-electron chi connectivity index (χ2n) is 11.5. The minimum absolute atomic E-state index is 0.0691. The highest BCUT2D eigenvalue weighted by Crippen LogP contribution is 2.33. The lowest BCUT2D eigenvalue weighted by Crippen LogP contribution is -2.34. The fourth-order valence-electron chi connectivity index (χ4n) is 5.07. The number of anilines is 2. The van der Waals surface area contributed by atoms with Gasteiger partial charge in [0.05, 0.1) is 16.7 Å². The second kappa shape index (κ2) is 11.0. The molecule has 2 aromatic carbocycles. The number of aryl methyl sites for hydroxylation is 1. The van der Waals surface area contributed by atoms with Crippen molar-refractivity contribution < 1.29 is 9.53 Å². The predicted molar refractivity (Wildman–Crippen MR) is 157 cm³/mol. The first-order chi connectivity index (χ1) is 18.6. The average molecular weight is 546 g/mol. The number of nitrogens with one attached hydrogen (secondary N) is 1. The van der Waals surface area contributed by atoms with Crippen molar-refractivity contribution in [2.24, 2.45) is 13.0 Å². The molecule has 0 radical (unpaired) electrons. The number of rotatable bonds is 7. The number of ether oxygens (including phenoxy) is 1. The molecule has 7 nitrogen and oxygen atoms in total. The van der Waals surface area contributed by atoms with Crippen LogP contribution in [0.15, 0.2) is 54.7 Å². The SMILES string of the molecule is CN1CCC(C(=O)Cc2cc(Oc3ccc4c(c3)nc(Nc3ccc(Cl)c(C(C)(C)C)c3)n4C)ccn2)CC1. The third kappa shape index (κ3) is 6.26. The van der Waals surface area contributed by atoms with E-state index in [-0.39, 0.29) is 17.1 Å². The van der Waals surface area contributed by atoms with Crippen molar-refractivity contribution in [3.8, 4) is 11.5 Å². The third-order valence-corrected chi connectivity index (χ3v) is 7.77. The number of hydrogen-bond acceptors (Lipinski definition) is 6. The van der Waals surface area contributed by atoms with Crippen molar-refractivity contribution in [3.63, 3.8) is 0 Å². The maximum atomic E-state index is 12.8. The molecule has 2 aromatic heterocycles. The van der Waals surface area contributed by atoms with Gasteiger partial charge in [-0.15, -0.1) is 0 Å². The summed E-state index contributed by atoms with van der Waals surface area (Å²) in [5.41, 5.74) is 4.47. The van der Waals surface area contributed by atoms with Gasteiger partial charge >= 0.3 is 0 Å². The Morgan fingerprint density at radius 2 is 1.79 bits per heavy atom. The van der Waals surface area contributed by atoms with Crippen LogP contribution in [0.4, 0.5) is 11.6 Å². The third-order valence-electron chi connectivity index (χ3n) is 7.44. The molecule has 0 atom stereocenters. The maximum absolute atomic E-state index is 12.8. The number of carbonyl (C=O) groups is 1. The van der Waals surface area contributed by atoms with Crippen LogP contribution in [0.25, 0.3) is 11.0 Å². The molecule has 1 aliphatic rings. The molecule has 0 saturated carbocycles. The zero-order chi connectivity index (χ0) is 27.7. The molecule has 0 bridgehead atoms. The first-order valence-corrected chi connectivity index (χ1v) is 13.8. The van der Waals surface area contributed by atoms with Gasteiger partial charge in [0.1, 0.15) is 17.3 Å². The van der Waals surface area contributed by atoms with Gasteiger partial charge in [-0.05, 0) is 80.4 Å². The summed E-state index contributed by atoms with van der Waals surface area (Å²) in [4.78, 5) is 24.3. The van der Waals surface area contributed by atoms with E-state index in [0.29, 0.717) is 17.9 Å². The van der Waals surface area contributed by atoms with E-state index in [2.05, 4.69) is 49.1 Å². The van der Waals surface area contributed by atoms with E-state index in [1.807, 2.05) is 54.1 Å². The molecule has 0 amide bonds. The van der Waals surface area contributed by atoms with Crippen LogP contribution in [0.2, 0.25) is 5.02 Å². The quantitative estimate of drug-likeness (QED) is 0.272. The molecule has 1 aliphatic heterocycles. The van der Waals surface area contributed by atoms with Gasteiger partial charge in [-0.2, -0.15) is 0 Å². The van der Waals surface area contributed by atoms with Crippen LogP contribution < -0.4 is 10.1 Å². The Morgan fingerprint density at radius 1 is 1.05 bits per heavy atom. The maximum Gasteiger partial charge on any atom is 0.208 e. The van der Waals surface area contributed by atoms with Crippen molar-refractivity contribution in [1.29, 1.82) is 0 Å². The van der Waals surface area contributed by atoms with Gasteiger partial charge in [0.2, 0.25) is 5.95 Å². The number of aromatic nitrogens is 3.